The van der Waals surface area contributed by atoms with Crippen LogP contribution < -0.4 is 26.0 Å². The largest absolute Gasteiger partial charge is 0.508 e. The van der Waals surface area contributed by atoms with E-state index in [2.05, 4.69) is 20.9 Å². The molecule has 0 radical (unpaired) electrons. The summed E-state index contributed by atoms with van der Waals surface area (Å²) < 4.78 is 24.9. The van der Waals surface area contributed by atoms with Crippen molar-refractivity contribution in [2.75, 3.05) is 48.8 Å². The lowest BCUT2D eigenvalue weighted by Gasteiger charge is -2.24. The molecule has 20 nitrogen and oxygen atoms in total. The monoisotopic (exact) mass is 841 g/mol. The lowest BCUT2D eigenvalue weighted by molar-refractivity contribution is -0.128. The van der Waals surface area contributed by atoms with Crippen molar-refractivity contribution in [2.45, 2.75) is 54.0 Å². The number of imidazole rings is 1. The highest BCUT2D eigenvalue weighted by Crippen LogP contribution is 2.38. The second kappa shape index (κ2) is 15.9. The molecule has 0 unspecified atom stereocenters. The highest BCUT2D eigenvalue weighted by atomic mass is 32.2. The van der Waals surface area contributed by atoms with Gasteiger partial charge in [0.05, 0.1) is 23.3 Å². The smallest absolute Gasteiger partial charge is 0.327 e. The van der Waals surface area contributed by atoms with Gasteiger partial charge in [0.15, 0.2) is 17.0 Å². The molecule has 3 aliphatic rings. The highest BCUT2D eigenvalue weighted by Gasteiger charge is 2.51. The van der Waals surface area contributed by atoms with Crippen molar-refractivity contribution >= 4 is 56.6 Å². The zero-order valence-corrected chi connectivity index (χ0v) is 33.0. The van der Waals surface area contributed by atoms with Gasteiger partial charge >= 0.3 is 12.1 Å². The number of hydrogen-bond donors (Lipinski definition) is 8. The normalized spacial score (nSPS) is 22.0. The third kappa shape index (κ3) is 7.94. The van der Waals surface area contributed by atoms with Gasteiger partial charge in [0, 0.05) is 44.3 Å². The topological polar surface area (TPSA) is 282 Å². The Balaban J connectivity index is 1.09. The molecule has 3 fully saturated rings. The number of hydrogen-bond acceptors (Lipinski definition) is 14. The van der Waals surface area contributed by atoms with Crippen LogP contribution in [0.5, 0.6) is 11.5 Å². The Morgan fingerprint density at radius 3 is 2.15 bits per heavy atom. The number of amides is 5. The van der Waals surface area contributed by atoms with Gasteiger partial charge in [0.1, 0.15) is 30.3 Å². The predicted octanol–water partition coefficient (Wildman–Crippen LogP) is 1.46. The van der Waals surface area contributed by atoms with E-state index in [1.54, 1.807) is 53.1 Å². The van der Waals surface area contributed by atoms with Crippen molar-refractivity contribution in [3.8, 4) is 11.5 Å². The molecule has 3 aromatic carbocycles. The average Bonchev–Trinajstić information content (AvgIpc) is 3.98. The quantitative estimate of drug-likeness (QED) is 0.0875. The number of aliphatic hydroxyl groups excluding tert-OH is 2. The first-order valence-electron chi connectivity index (χ1n) is 19.1. The van der Waals surface area contributed by atoms with Crippen molar-refractivity contribution in [3.63, 3.8) is 0 Å². The molecule has 8 rings (SSSR count). The molecule has 0 spiro atoms. The molecule has 2 aromatic heterocycles. The lowest BCUT2D eigenvalue weighted by Crippen LogP contribution is -2.47. The van der Waals surface area contributed by atoms with Gasteiger partial charge in [-0.2, -0.15) is 9.97 Å². The van der Waals surface area contributed by atoms with Gasteiger partial charge in [-0.25, -0.2) is 28.1 Å². The number of carbonyl (C=O) groups excluding carboxylic acids is 3. The summed E-state index contributed by atoms with van der Waals surface area (Å²) in [5.41, 5.74) is 2.73. The molecule has 5 atom stereocenters. The number of primary sulfonamides is 1. The molecule has 60 heavy (non-hydrogen) atoms. The fraction of sp³-hybridized carbons (Fsp3) is 0.333. The Bertz CT molecular complexity index is 2490. The van der Waals surface area contributed by atoms with Gasteiger partial charge in [0.25, 0.3) is 5.91 Å². The molecule has 314 valence electrons. The molecule has 9 N–H and O–H groups in total. The molecular formula is C39H43N11O9S. The van der Waals surface area contributed by atoms with Crippen LogP contribution in [0.25, 0.3) is 11.2 Å². The maximum Gasteiger partial charge on any atom is 0.327 e. The number of anilines is 3. The molecule has 2 saturated heterocycles. The van der Waals surface area contributed by atoms with Crippen LogP contribution in [-0.2, 0) is 14.8 Å². The number of rotatable bonds is 11. The number of nitrogens with two attached hydrogens (primary N) is 1. The summed E-state index contributed by atoms with van der Waals surface area (Å²) in [6.45, 7) is 0.881. The summed E-state index contributed by atoms with van der Waals surface area (Å²) in [7, 11) is -2.41. The summed E-state index contributed by atoms with van der Waals surface area (Å²) in [5.74, 6) is 0.0452. The number of benzene rings is 3. The van der Waals surface area contributed by atoms with Crippen molar-refractivity contribution in [3.05, 3.63) is 90.3 Å². The van der Waals surface area contributed by atoms with E-state index in [0.29, 0.717) is 42.2 Å². The maximum absolute atomic E-state index is 13.0. The third-order valence-corrected chi connectivity index (χ3v) is 12.1. The SMILES string of the molecule is CN1CC(=O)N([C@H]2C[C@@H](n3cnc4c(NCC(c5ccc(O)cc5)c5ccc(O)cc5)nc(N5CC[C@@H](NC(=O)Nc6ccc(S(N)(=O)=O)cc6)C5)nc43)[C@H](O)[C@@H]2O)C1=O. The van der Waals surface area contributed by atoms with Gasteiger partial charge in [-0.3, -0.25) is 9.69 Å². The van der Waals surface area contributed by atoms with E-state index in [4.69, 9.17) is 15.1 Å². The van der Waals surface area contributed by atoms with E-state index in [-0.39, 0.29) is 53.8 Å². The number of aromatic nitrogens is 4. The lowest BCUT2D eigenvalue weighted by atomic mass is 9.91. The Kier molecular flexibility index (Phi) is 10.7. The van der Waals surface area contributed by atoms with E-state index in [1.165, 1.54) is 42.5 Å². The molecule has 2 aliphatic heterocycles. The van der Waals surface area contributed by atoms with E-state index in [0.717, 1.165) is 16.0 Å². The van der Waals surface area contributed by atoms with Gasteiger partial charge in [-0.15, -0.1) is 0 Å². The first kappa shape index (κ1) is 40.2. The van der Waals surface area contributed by atoms with Crippen molar-refractivity contribution in [2.24, 2.45) is 5.14 Å². The van der Waals surface area contributed by atoms with Crippen LogP contribution in [0.4, 0.5) is 27.0 Å². The standard InChI is InChI=1S/C39H43N11O9S/c1-47-19-31(53)50(39(47)57)30-16-29(33(54)34(30)55)49-20-42-32-35(41-17-28(21-2-8-25(51)9-3-21)22-4-10-26(52)11-5-22)45-37(46-36(32)49)48-15-14-24(18-48)44-38(56)43-23-6-12-27(13-7-23)60(40,58)59/h2-13,20,24,28-30,33-34,51-52,54-55H,14-19H2,1H3,(H2,40,58,59)(H,41,45,46)(H2,43,44,56)/t24-,29-,30+,33+,34-/m1/s1. The summed E-state index contributed by atoms with van der Waals surface area (Å²) in [5, 5.41) is 56.9. The summed E-state index contributed by atoms with van der Waals surface area (Å²) >= 11 is 0. The second-order valence-corrected chi connectivity index (χ2v) is 16.7. The van der Waals surface area contributed by atoms with Gasteiger partial charge in [-0.05, 0) is 72.5 Å². The molecule has 5 amide bonds. The van der Waals surface area contributed by atoms with Crippen LogP contribution in [0.1, 0.15) is 35.9 Å². The summed E-state index contributed by atoms with van der Waals surface area (Å²) in [6.07, 6.45) is -0.808. The highest BCUT2D eigenvalue weighted by molar-refractivity contribution is 7.89. The molecule has 5 aromatic rings. The number of sulfonamides is 1. The van der Waals surface area contributed by atoms with Crippen LogP contribution in [0.15, 0.2) is 84.0 Å². The Labute approximate surface area is 343 Å². The first-order chi connectivity index (χ1) is 28.6. The predicted molar refractivity (Wildman–Crippen MR) is 217 cm³/mol. The maximum atomic E-state index is 13.0. The number of phenols is 2. The fourth-order valence-corrected chi connectivity index (χ4v) is 8.59. The average molecular weight is 842 g/mol. The summed E-state index contributed by atoms with van der Waals surface area (Å²) in [4.78, 5) is 57.2. The van der Waals surface area contributed by atoms with E-state index in [9.17, 15) is 43.2 Å². The van der Waals surface area contributed by atoms with Gasteiger partial charge < -0.3 is 50.7 Å². The molecule has 1 saturated carbocycles. The number of nitrogens with zero attached hydrogens (tertiary/aromatic N) is 7. The number of nitrogens with one attached hydrogen (secondary N) is 3. The molecular weight excluding hydrogens is 799 g/mol. The number of phenolic OH excluding ortho intramolecular Hbond substituents is 2. The molecule has 21 heteroatoms. The Morgan fingerprint density at radius 2 is 1.55 bits per heavy atom. The van der Waals surface area contributed by atoms with E-state index < -0.39 is 52.3 Å². The van der Waals surface area contributed by atoms with Crippen molar-refractivity contribution in [1.29, 1.82) is 0 Å². The van der Waals surface area contributed by atoms with Crippen LogP contribution in [0.2, 0.25) is 0 Å². The number of imide groups is 1. The second-order valence-electron chi connectivity index (χ2n) is 15.2. The number of fused-ring (bicyclic) bond motifs is 1. The van der Waals surface area contributed by atoms with Crippen LogP contribution in [-0.4, -0.2) is 134 Å². The van der Waals surface area contributed by atoms with Crippen LogP contribution >= 0.6 is 0 Å². The third-order valence-electron chi connectivity index (χ3n) is 11.2. The number of likely N-dealkylation sites (N-methyl/N-ethyl adjacent to an activating group) is 1. The molecule has 1 aliphatic carbocycles. The first-order valence-corrected chi connectivity index (χ1v) is 20.6. The number of aliphatic hydroxyl groups is 2. The minimum absolute atomic E-state index is 0.0283. The van der Waals surface area contributed by atoms with Gasteiger partial charge in [-0.1, -0.05) is 24.3 Å². The Hall–Kier alpha value is -6.55. The minimum Gasteiger partial charge on any atom is -0.508 e. The number of aromatic hydroxyl groups is 2. The van der Waals surface area contributed by atoms with Crippen LogP contribution in [0, 0.1) is 0 Å². The Morgan fingerprint density at radius 1 is 0.917 bits per heavy atom. The minimum atomic E-state index is -3.90. The van der Waals surface area contributed by atoms with Crippen molar-refractivity contribution in [1.82, 2.24) is 34.6 Å². The van der Waals surface area contributed by atoms with Gasteiger partial charge in [0.2, 0.25) is 16.0 Å². The number of urea groups is 2. The molecule has 4 heterocycles. The van der Waals surface area contributed by atoms with Crippen LogP contribution in [0.3, 0.4) is 0 Å². The zero-order chi connectivity index (χ0) is 42.5. The molecule has 0 bridgehead atoms. The van der Waals surface area contributed by atoms with Crippen molar-refractivity contribution < 1.29 is 43.2 Å². The van der Waals surface area contributed by atoms with E-state index >= 15 is 0 Å². The zero-order valence-electron chi connectivity index (χ0n) is 32.2. The number of carbonyl (C=O) groups is 3. The van der Waals surface area contributed by atoms with E-state index in [1.807, 2.05) is 4.90 Å². The fourth-order valence-electron chi connectivity index (χ4n) is 8.07. The summed E-state index contributed by atoms with van der Waals surface area (Å²) in [6, 6.07) is 15.7.